The lowest BCUT2D eigenvalue weighted by molar-refractivity contribution is 0.289. The fraction of sp³-hybridized carbons (Fsp3) is 0.455. The van der Waals surface area contributed by atoms with Crippen LogP contribution in [0.5, 0.6) is 0 Å². The van der Waals surface area contributed by atoms with E-state index in [1.807, 2.05) is 11.8 Å². The minimum Gasteiger partial charge on any atom is -0.396 e. The number of aliphatic hydroxyl groups is 1. The van der Waals surface area contributed by atoms with Crippen molar-refractivity contribution < 1.29 is 5.11 Å². The lowest BCUT2D eigenvalue weighted by atomic mass is 10.4. The van der Waals surface area contributed by atoms with Gasteiger partial charge in [0.1, 0.15) is 0 Å². The van der Waals surface area contributed by atoms with Crippen molar-refractivity contribution in [2.45, 2.75) is 13.3 Å². The van der Waals surface area contributed by atoms with Crippen molar-refractivity contribution in [2.24, 2.45) is 0 Å². The molecule has 7 nitrogen and oxygen atoms in total. The van der Waals surface area contributed by atoms with E-state index in [1.165, 1.54) is 4.68 Å². The molecule has 19 heavy (non-hydrogen) atoms. The van der Waals surface area contributed by atoms with Crippen molar-refractivity contribution in [3.63, 3.8) is 0 Å². The van der Waals surface area contributed by atoms with Gasteiger partial charge in [0.25, 0.3) is 5.95 Å². The molecular weight excluding hydrogens is 268 g/mol. The Labute approximate surface area is 115 Å². The van der Waals surface area contributed by atoms with Crippen LogP contribution in [-0.4, -0.2) is 49.5 Å². The number of hydrogen-bond donors (Lipinski definition) is 1. The van der Waals surface area contributed by atoms with Crippen molar-refractivity contribution in [2.75, 3.05) is 24.6 Å². The predicted octanol–water partition coefficient (Wildman–Crippen LogP) is 0.919. The number of anilines is 1. The maximum absolute atomic E-state index is 8.90. The Hall–Kier alpha value is -1.73. The van der Waals surface area contributed by atoms with Crippen LogP contribution < -0.4 is 4.90 Å². The number of hydrogen-bond acceptors (Lipinski definition) is 6. The Kier molecular flexibility index (Phi) is 4.64. The van der Waals surface area contributed by atoms with Gasteiger partial charge in [-0.15, -0.1) is 0 Å². The maximum atomic E-state index is 8.90. The van der Waals surface area contributed by atoms with E-state index < -0.39 is 0 Å². The van der Waals surface area contributed by atoms with Gasteiger partial charge in [0.15, 0.2) is 0 Å². The molecule has 0 aliphatic carbocycles. The van der Waals surface area contributed by atoms with Gasteiger partial charge in [-0.05, 0) is 31.0 Å². The molecule has 0 aliphatic rings. The highest BCUT2D eigenvalue weighted by Gasteiger charge is 2.12. The summed E-state index contributed by atoms with van der Waals surface area (Å²) in [6.45, 7) is 3.49. The monoisotopic (exact) mass is 282 g/mol. The summed E-state index contributed by atoms with van der Waals surface area (Å²) < 4.78 is 1.52. The van der Waals surface area contributed by atoms with Gasteiger partial charge in [0.05, 0.1) is 0 Å². The van der Waals surface area contributed by atoms with Crippen LogP contribution in [0.1, 0.15) is 13.3 Å². The minimum atomic E-state index is 0.123. The second kappa shape index (κ2) is 6.44. The van der Waals surface area contributed by atoms with Gasteiger partial charge in [-0.2, -0.15) is 20.1 Å². The highest BCUT2D eigenvalue weighted by molar-refractivity contribution is 6.28. The van der Waals surface area contributed by atoms with E-state index in [2.05, 4.69) is 20.1 Å². The van der Waals surface area contributed by atoms with Gasteiger partial charge in [-0.3, -0.25) is 0 Å². The second-order valence-electron chi connectivity index (χ2n) is 3.81. The molecule has 2 rings (SSSR count). The topological polar surface area (TPSA) is 80.0 Å². The van der Waals surface area contributed by atoms with Crippen LogP contribution in [0.2, 0.25) is 5.28 Å². The number of halogens is 1. The zero-order chi connectivity index (χ0) is 13.7. The van der Waals surface area contributed by atoms with Crippen molar-refractivity contribution in [3.8, 4) is 5.95 Å². The minimum absolute atomic E-state index is 0.123. The molecule has 0 saturated carbocycles. The van der Waals surface area contributed by atoms with Gasteiger partial charge in [0, 0.05) is 32.1 Å². The first-order valence-electron chi connectivity index (χ1n) is 6.02. The molecule has 0 unspecified atom stereocenters. The fourth-order valence-corrected chi connectivity index (χ4v) is 1.77. The quantitative estimate of drug-likeness (QED) is 0.849. The average molecular weight is 283 g/mol. The lowest BCUT2D eigenvalue weighted by Gasteiger charge is -2.20. The van der Waals surface area contributed by atoms with Crippen LogP contribution >= 0.6 is 11.6 Å². The number of nitrogens with zero attached hydrogens (tertiary/aromatic N) is 6. The van der Waals surface area contributed by atoms with Crippen LogP contribution in [0.3, 0.4) is 0 Å². The van der Waals surface area contributed by atoms with E-state index in [4.69, 9.17) is 16.7 Å². The first kappa shape index (κ1) is 13.7. The van der Waals surface area contributed by atoms with E-state index in [-0.39, 0.29) is 11.9 Å². The molecule has 2 heterocycles. The third-order valence-corrected chi connectivity index (χ3v) is 2.71. The van der Waals surface area contributed by atoms with E-state index in [1.54, 1.807) is 18.5 Å². The molecule has 0 amide bonds. The molecule has 2 aromatic rings. The molecule has 8 heteroatoms. The Morgan fingerprint density at radius 2 is 2.21 bits per heavy atom. The van der Waals surface area contributed by atoms with Gasteiger partial charge in [0.2, 0.25) is 11.2 Å². The van der Waals surface area contributed by atoms with Gasteiger partial charge in [-0.25, -0.2) is 4.68 Å². The van der Waals surface area contributed by atoms with E-state index >= 15 is 0 Å². The number of aliphatic hydroxyl groups excluding tert-OH is 1. The summed E-state index contributed by atoms with van der Waals surface area (Å²) in [6.07, 6.45) is 4.02. The zero-order valence-corrected chi connectivity index (χ0v) is 11.3. The Bertz CT molecular complexity index is 518. The first-order valence-corrected chi connectivity index (χ1v) is 6.39. The summed E-state index contributed by atoms with van der Waals surface area (Å²) >= 11 is 5.92. The highest BCUT2D eigenvalue weighted by atomic mass is 35.5. The Morgan fingerprint density at radius 1 is 1.37 bits per heavy atom. The molecule has 0 saturated heterocycles. The maximum Gasteiger partial charge on any atom is 0.256 e. The van der Waals surface area contributed by atoms with Crippen LogP contribution in [0.4, 0.5) is 5.95 Å². The van der Waals surface area contributed by atoms with Crippen molar-refractivity contribution in [1.82, 2.24) is 24.7 Å². The molecule has 0 aromatic carbocycles. The summed E-state index contributed by atoms with van der Waals surface area (Å²) in [5.41, 5.74) is 0. The molecule has 0 atom stereocenters. The van der Waals surface area contributed by atoms with Crippen molar-refractivity contribution >= 4 is 17.5 Å². The van der Waals surface area contributed by atoms with Crippen molar-refractivity contribution in [3.05, 3.63) is 23.7 Å². The van der Waals surface area contributed by atoms with Crippen LogP contribution in [0, 0.1) is 0 Å². The fourth-order valence-electron chi connectivity index (χ4n) is 1.62. The normalized spacial score (nSPS) is 10.7. The summed E-state index contributed by atoms with van der Waals surface area (Å²) in [6, 6.07) is 1.78. The molecule has 0 radical (unpaired) electrons. The van der Waals surface area contributed by atoms with Crippen molar-refractivity contribution in [1.29, 1.82) is 0 Å². The molecule has 102 valence electrons. The van der Waals surface area contributed by atoms with Gasteiger partial charge >= 0.3 is 0 Å². The molecular formula is C11H15ClN6O. The number of aromatic nitrogens is 5. The predicted molar refractivity (Wildman–Crippen MR) is 71.5 cm³/mol. The highest BCUT2D eigenvalue weighted by Crippen LogP contribution is 2.13. The smallest absolute Gasteiger partial charge is 0.256 e. The molecule has 0 bridgehead atoms. The largest absolute Gasteiger partial charge is 0.396 e. The molecule has 0 fully saturated rings. The Balaban J connectivity index is 2.30. The summed E-state index contributed by atoms with van der Waals surface area (Å²) in [4.78, 5) is 14.4. The Morgan fingerprint density at radius 3 is 2.84 bits per heavy atom. The van der Waals surface area contributed by atoms with E-state index in [0.717, 1.165) is 6.54 Å². The van der Waals surface area contributed by atoms with Crippen LogP contribution in [0.15, 0.2) is 18.5 Å². The lowest BCUT2D eigenvalue weighted by Crippen LogP contribution is -2.27. The third-order valence-electron chi connectivity index (χ3n) is 2.54. The van der Waals surface area contributed by atoms with Gasteiger partial charge < -0.3 is 10.0 Å². The average Bonchev–Trinajstić information content (AvgIpc) is 2.93. The standard InChI is InChI=1S/C11H15ClN6O/c1-2-17(6-4-8-19)10-14-9(12)15-11(16-10)18-7-3-5-13-18/h3,5,7,19H,2,4,6,8H2,1H3. The molecule has 0 spiro atoms. The van der Waals surface area contributed by atoms with Crippen LogP contribution in [0.25, 0.3) is 5.95 Å². The van der Waals surface area contributed by atoms with E-state index in [0.29, 0.717) is 24.9 Å². The zero-order valence-electron chi connectivity index (χ0n) is 10.6. The second-order valence-corrected chi connectivity index (χ2v) is 4.15. The SMILES string of the molecule is CCN(CCCO)c1nc(Cl)nc(-n2cccn2)n1. The third kappa shape index (κ3) is 3.39. The molecule has 1 N–H and O–H groups in total. The summed E-state index contributed by atoms with van der Waals surface area (Å²) in [5, 5.41) is 13.1. The first-order chi connectivity index (χ1) is 9.24. The molecule has 2 aromatic heterocycles. The summed E-state index contributed by atoms with van der Waals surface area (Å²) in [5.74, 6) is 0.865. The molecule has 0 aliphatic heterocycles. The van der Waals surface area contributed by atoms with Gasteiger partial charge in [-0.1, -0.05) is 0 Å². The summed E-state index contributed by atoms with van der Waals surface area (Å²) in [7, 11) is 0. The van der Waals surface area contributed by atoms with E-state index in [9.17, 15) is 0 Å². The van der Waals surface area contributed by atoms with Crippen LogP contribution in [-0.2, 0) is 0 Å². The number of rotatable bonds is 6.